The second-order valence-corrected chi connectivity index (χ2v) is 11.3. The van der Waals surface area contributed by atoms with Crippen LogP contribution < -0.4 is 15.4 Å². The molecular weight excluding hydrogens is 438 g/mol. The van der Waals surface area contributed by atoms with E-state index in [2.05, 4.69) is 36.1 Å². The van der Waals surface area contributed by atoms with Crippen LogP contribution in [0.3, 0.4) is 0 Å². The molecule has 7 nitrogen and oxygen atoms in total. The first-order chi connectivity index (χ1) is 15.3. The molecule has 8 heteroatoms. The molecule has 0 unspecified atom stereocenters. The highest BCUT2D eigenvalue weighted by molar-refractivity contribution is 7.89. The Morgan fingerprint density at radius 3 is 2.00 bits per heavy atom. The number of nitrogens with one attached hydrogen (secondary N) is 3. The summed E-state index contributed by atoms with van der Waals surface area (Å²) in [5, 5.41) is 5.49. The Balaban J connectivity index is 1.91. The van der Waals surface area contributed by atoms with Crippen molar-refractivity contribution in [3.8, 4) is 0 Å². The van der Waals surface area contributed by atoms with Gasteiger partial charge in [0, 0.05) is 18.7 Å². The van der Waals surface area contributed by atoms with Crippen molar-refractivity contribution in [3.05, 3.63) is 65.2 Å². The molecule has 0 bridgehead atoms. The van der Waals surface area contributed by atoms with Crippen LogP contribution in [-0.2, 0) is 20.2 Å². The highest BCUT2D eigenvalue weighted by atomic mass is 32.2. The van der Waals surface area contributed by atoms with Crippen LogP contribution in [0.1, 0.15) is 56.1 Å². The quantitative estimate of drug-likeness (QED) is 0.487. The summed E-state index contributed by atoms with van der Waals surface area (Å²) in [5.41, 5.74) is 2.54. The molecule has 2 rings (SSSR count). The van der Waals surface area contributed by atoms with Crippen LogP contribution in [0.2, 0.25) is 0 Å². The van der Waals surface area contributed by atoms with Crippen LogP contribution >= 0.6 is 0 Å². The van der Waals surface area contributed by atoms with Gasteiger partial charge in [0.2, 0.25) is 15.9 Å². The summed E-state index contributed by atoms with van der Waals surface area (Å²) < 4.78 is 27.1. The molecule has 0 saturated carbocycles. The summed E-state index contributed by atoms with van der Waals surface area (Å²) in [6.45, 7) is 12.0. The highest BCUT2D eigenvalue weighted by Crippen LogP contribution is 2.22. The van der Waals surface area contributed by atoms with Crippen molar-refractivity contribution < 1.29 is 18.0 Å². The molecule has 0 spiro atoms. The lowest BCUT2D eigenvalue weighted by atomic mass is 9.86. The summed E-state index contributed by atoms with van der Waals surface area (Å²) in [7, 11) is -3.65. The fourth-order valence-corrected chi connectivity index (χ4v) is 4.19. The lowest BCUT2D eigenvalue weighted by molar-refractivity contribution is -0.123. The summed E-state index contributed by atoms with van der Waals surface area (Å²) in [6, 6.07) is 13.1. The molecule has 0 aliphatic carbocycles. The van der Waals surface area contributed by atoms with E-state index in [0.29, 0.717) is 5.56 Å². The first kappa shape index (κ1) is 26.5. The van der Waals surface area contributed by atoms with Gasteiger partial charge in [-0.05, 0) is 48.1 Å². The number of sulfonamides is 1. The van der Waals surface area contributed by atoms with E-state index in [4.69, 9.17) is 0 Å². The van der Waals surface area contributed by atoms with E-state index in [1.807, 2.05) is 32.9 Å². The van der Waals surface area contributed by atoms with E-state index in [-0.39, 0.29) is 41.1 Å². The molecule has 0 aliphatic rings. The minimum Gasteiger partial charge on any atom is -0.353 e. The third kappa shape index (κ3) is 7.68. The van der Waals surface area contributed by atoms with E-state index in [9.17, 15) is 18.0 Å². The molecule has 0 heterocycles. The van der Waals surface area contributed by atoms with Crippen LogP contribution in [0.15, 0.2) is 53.4 Å². The van der Waals surface area contributed by atoms with Crippen LogP contribution in [0.25, 0.3) is 0 Å². The summed E-state index contributed by atoms with van der Waals surface area (Å²) in [4.78, 5) is 25.5. The first-order valence-corrected chi connectivity index (χ1v) is 12.5. The number of carbonyl (C=O) groups is 2. The van der Waals surface area contributed by atoms with Gasteiger partial charge < -0.3 is 10.6 Å². The molecule has 3 N–H and O–H groups in total. The van der Waals surface area contributed by atoms with Crippen LogP contribution in [0, 0.1) is 12.8 Å². The zero-order valence-corrected chi connectivity index (χ0v) is 21.0. The molecule has 2 aromatic rings. The van der Waals surface area contributed by atoms with E-state index in [1.165, 1.54) is 12.1 Å². The Bertz CT molecular complexity index is 1050. The van der Waals surface area contributed by atoms with Crippen molar-refractivity contribution in [2.24, 2.45) is 5.92 Å². The van der Waals surface area contributed by atoms with Gasteiger partial charge in [-0.25, -0.2) is 13.1 Å². The minimum atomic E-state index is -3.65. The van der Waals surface area contributed by atoms with Gasteiger partial charge in [-0.2, -0.15) is 0 Å². The molecule has 2 amide bonds. The van der Waals surface area contributed by atoms with Gasteiger partial charge in [-0.3, -0.25) is 9.59 Å². The first-order valence-electron chi connectivity index (χ1n) is 11.1. The Morgan fingerprint density at radius 1 is 0.909 bits per heavy atom. The maximum Gasteiger partial charge on any atom is 0.251 e. The SMILES string of the molecule is Cc1ccc(S(=O)(=O)NCCNC(=O)[C@@H](NC(=O)c2ccc(C(C)(C)C)cc2)C(C)C)cc1. The lowest BCUT2D eigenvalue weighted by Gasteiger charge is -2.22. The number of hydrogen-bond donors (Lipinski definition) is 3. The van der Waals surface area contributed by atoms with Crippen LogP contribution in [-0.4, -0.2) is 39.4 Å². The van der Waals surface area contributed by atoms with E-state index in [1.54, 1.807) is 24.3 Å². The van der Waals surface area contributed by atoms with Crippen LogP contribution in [0.5, 0.6) is 0 Å². The average Bonchev–Trinajstić information content (AvgIpc) is 2.74. The van der Waals surface area contributed by atoms with E-state index >= 15 is 0 Å². The van der Waals surface area contributed by atoms with Crippen LogP contribution in [0.4, 0.5) is 0 Å². The monoisotopic (exact) mass is 473 g/mol. The summed E-state index contributed by atoms with van der Waals surface area (Å²) in [5.74, 6) is -0.837. The minimum absolute atomic E-state index is 0.0175. The van der Waals surface area contributed by atoms with Gasteiger partial charge in [-0.15, -0.1) is 0 Å². The van der Waals surface area contributed by atoms with E-state index < -0.39 is 16.1 Å². The molecular formula is C25H35N3O4S. The second kappa shape index (κ2) is 10.9. The Hall–Kier alpha value is -2.71. The molecule has 0 fully saturated rings. The number of carbonyl (C=O) groups excluding carboxylic acids is 2. The maximum absolute atomic E-state index is 12.7. The maximum atomic E-state index is 12.7. The number of benzene rings is 2. The average molecular weight is 474 g/mol. The van der Waals surface area contributed by atoms with Gasteiger partial charge in [0.1, 0.15) is 6.04 Å². The number of hydrogen-bond acceptors (Lipinski definition) is 4. The largest absolute Gasteiger partial charge is 0.353 e. The molecule has 1 atom stereocenters. The second-order valence-electron chi connectivity index (χ2n) is 9.52. The Morgan fingerprint density at radius 2 is 1.48 bits per heavy atom. The summed E-state index contributed by atoms with van der Waals surface area (Å²) in [6.07, 6.45) is 0. The van der Waals surface area contributed by atoms with Gasteiger partial charge in [0.25, 0.3) is 5.91 Å². The lowest BCUT2D eigenvalue weighted by Crippen LogP contribution is -2.50. The predicted molar refractivity (Wildman–Crippen MR) is 131 cm³/mol. The number of amides is 2. The Labute approximate surface area is 197 Å². The topological polar surface area (TPSA) is 104 Å². The number of aryl methyl sites for hydroxylation is 1. The third-order valence-electron chi connectivity index (χ3n) is 5.30. The van der Waals surface area contributed by atoms with Crippen molar-refractivity contribution in [3.63, 3.8) is 0 Å². The smallest absolute Gasteiger partial charge is 0.251 e. The van der Waals surface area contributed by atoms with E-state index in [0.717, 1.165) is 11.1 Å². The van der Waals surface area contributed by atoms with Gasteiger partial charge in [-0.1, -0.05) is 64.4 Å². The molecule has 180 valence electrons. The summed E-state index contributed by atoms with van der Waals surface area (Å²) >= 11 is 0. The van der Waals surface area contributed by atoms with Crippen molar-refractivity contribution in [2.45, 2.75) is 57.9 Å². The van der Waals surface area contributed by atoms with Crippen molar-refractivity contribution in [1.82, 2.24) is 15.4 Å². The standard InChI is InChI=1S/C25H35N3O4S/c1-17(2)22(28-23(29)19-9-11-20(12-10-19)25(4,5)6)24(30)26-15-16-27-33(31,32)21-13-7-18(3)8-14-21/h7-14,17,22,27H,15-16H2,1-6H3,(H,26,30)(H,28,29)/t22-/m0/s1. The normalized spacial score (nSPS) is 12.9. The third-order valence-corrected chi connectivity index (χ3v) is 6.77. The van der Waals surface area contributed by atoms with Crippen molar-refractivity contribution >= 4 is 21.8 Å². The fraction of sp³-hybridized carbons (Fsp3) is 0.440. The molecule has 0 aromatic heterocycles. The highest BCUT2D eigenvalue weighted by Gasteiger charge is 2.25. The predicted octanol–water partition coefficient (Wildman–Crippen LogP) is 3.14. The zero-order valence-electron chi connectivity index (χ0n) is 20.2. The molecule has 0 radical (unpaired) electrons. The van der Waals surface area contributed by atoms with Gasteiger partial charge in [0.15, 0.2) is 0 Å². The zero-order chi connectivity index (χ0) is 24.8. The Kier molecular flexibility index (Phi) is 8.80. The van der Waals surface area contributed by atoms with Crippen molar-refractivity contribution in [2.75, 3.05) is 13.1 Å². The number of rotatable bonds is 9. The van der Waals surface area contributed by atoms with Gasteiger partial charge >= 0.3 is 0 Å². The van der Waals surface area contributed by atoms with Crippen molar-refractivity contribution in [1.29, 1.82) is 0 Å². The molecule has 2 aromatic carbocycles. The molecule has 0 aliphatic heterocycles. The molecule has 0 saturated heterocycles. The fourth-order valence-electron chi connectivity index (χ4n) is 3.16. The van der Waals surface area contributed by atoms with Gasteiger partial charge in [0.05, 0.1) is 4.90 Å². The molecule has 33 heavy (non-hydrogen) atoms.